The van der Waals surface area contributed by atoms with Crippen LogP contribution in [0.25, 0.3) is 11.3 Å². The number of azo groups is 1. The Bertz CT molecular complexity index is 796. The maximum Gasteiger partial charge on any atom is 0.181 e. The van der Waals surface area contributed by atoms with E-state index in [0.717, 1.165) is 16.8 Å². The second-order valence-corrected chi connectivity index (χ2v) is 4.98. The van der Waals surface area contributed by atoms with E-state index in [4.69, 9.17) is 10.2 Å². The monoisotopic (exact) mass is 308 g/mol. The molecule has 0 bridgehead atoms. The van der Waals surface area contributed by atoms with Gasteiger partial charge in [0.25, 0.3) is 0 Å². The molecule has 0 amide bonds. The Morgan fingerprint density at radius 2 is 1.96 bits per heavy atom. The Kier molecular flexibility index (Phi) is 4.44. The summed E-state index contributed by atoms with van der Waals surface area (Å²) in [5.74, 6) is 0.920. The predicted molar refractivity (Wildman–Crippen MR) is 86.2 cm³/mol. The van der Waals surface area contributed by atoms with E-state index in [0.29, 0.717) is 24.4 Å². The van der Waals surface area contributed by atoms with Gasteiger partial charge in [-0.25, -0.2) is 4.98 Å². The van der Waals surface area contributed by atoms with Crippen LogP contribution in [0.4, 0.5) is 5.69 Å². The zero-order valence-corrected chi connectivity index (χ0v) is 12.4. The Morgan fingerprint density at radius 1 is 1.13 bits per heavy atom. The third kappa shape index (κ3) is 3.61. The van der Waals surface area contributed by atoms with Crippen LogP contribution in [0.5, 0.6) is 5.75 Å². The van der Waals surface area contributed by atoms with E-state index < -0.39 is 0 Å². The van der Waals surface area contributed by atoms with Gasteiger partial charge in [-0.05, 0) is 42.0 Å². The third-order valence-electron chi connectivity index (χ3n) is 3.39. The number of hydrogen-bond donors (Lipinski definition) is 2. The number of nitrogens with zero attached hydrogens (tertiary/aromatic N) is 3. The summed E-state index contributed by atoms with van der Waals surface area (Å²) < 4.78 is 5.23. The van der Waals surface area contributed by atoms with Crippen molar-refractivity contribution in [2.45, 2.75) is 13.1 Å². The van der Waals surface area contributed by atoms with E-state index in [1.165, 1.54) is 6.39 Å². The van der Waals surface area contributed by atoms with Crippen molar-refractivity contribution in [1.29, 1.82) is 0 Å². The van der Waals surface area contributed by atoms with Gasteiger partial charge >= 0.3 is 0 Å². The van der Waals surface area contributed by atoms with Gasteiger partial charge in [-0.2, -0.15) is 10.2 Å². The number of phenolic OH excluding ortho intramolecular Hbond substituents is 1. The molecule has 1 heterocycles. The van der Waals surface area contributed by atoms with Gasteiger partial charge in [0.1, 0.15) is 5.75 Å². The molecule has 0 fully saturated rings. The fourth-order valence-electron chi connectivity index (χ4n) is 2.15. The lowest BCUT2D eigenvalue weighted by Gasteiger charge is -2.03. The summed E-state index contributed by atoms with van der Waals surface area (Å²) >= 11 is 0. The largest absolute Gasteiger partial charge is 0.508 e. The van der Waals surface area contributed by atoms with Gasteiger partial charge in [-0.15, -0.1) is 0 Å². The molecule has 23 heavy (non-hydrogen) atoms. The minimum absolute atomic E-state index is 0.205. The number of phenols is 1. The van der Waals surface area contributed by atoms with Crippen molar-refractivity contribution in [1.82, 2.24) is 4.98 Å². The lowest BCUT2D eigenvalue weighted by molar-refractivity contribution is 0.468. The molecule has 116 valence electrons. The molecule has 0 unspecified atom stereocenters. The standard InChI is InChI=1S/C17H16N4O2/c18-8-14-7-12(1-6-16(14)22)9-20-21-15-4-2-13(3-5-15)17-10-19-11-23-17/h1-7,10-11,22H,8-9,18H2. The van der Waals surface area contributed by atoms with Crippen molar-refractivity contribution in [2.24, 2.45) is 16.0 Å². The summed E-state index contributed by atoms with van der Waals surface area (Å²) in [4.78, 5) is 3.89. The highest BCUT2D eigenvalue weighted by molar-refractivity contribution is 5.59. The van der Waals surface area contributed by atoms with Crippen LogP contribution in [-0.2, 0) is 13.1 Å². The van der Waals surface area contributed by atoms with Crippen molar-refractivity contribution in [2.75, 3.05) is 0 Å². The van der Waals surface area contributed by atoms with Crippen molar-refractivity contribution in [3.05, 3.63) is 66.2 Å². The zero-order chi connectivity index (χ0) is 16.1. The lowest BCUT2D eigenvalue weighted by Crippen LogP contribution is -1.97. The van der Waals surface area contributed by atoms with Crippen LogP contribution in [0.15, 0.2) is 69.7 Å². The molecular formula is C17H16N4O2. The molecule has 0 aliphatic heterocycles. The van der Waals surface area contributed by atoms with Crippen molar-refractivity contribution < 1.29 is 9.52 Å². The molecule has 0 atom stereocenters. The van der Waals surface area contributed by atoms with Crippen LogP contribution in [0.3, 0.4) is 0 Å². The molecule has 1 aromatic heterocycles. The molecule has 6 nitrogen and oxygen atoms in total. The highest BCUT2D eigenvalue weighted by Crippen LogP contribution is 2.23. The number of hydrogen-bond acceptors (Lipinski definition) is 6. The summed E-state index contributed by atoms with van der Waals surface area (Å²) in [5, 5.41) is 18.0. The maximum atomic E-state index is 9.60. The minimum atomic E-state index is 0.205. The Balaban J connectivity index is 1.66. The highest BCUT2D eigenvalue weighted by Gasteiger charge is 2.02. The first-order valence-corrected chi connectivity index (χ1v) is 7.13. The van der Waals surface area contributed by atoms with Crippen molar-refractivity contribution in [3.63, 3.8) is 0 Å². The van der Waals surface area contributed by atoms with Crippen LogP contribution < -0.4 is 5.73 Å². The van der Waals surface area contributed by atoms with Crippen LogP contribution in [0.2, 0.25) is 0 Å². The first-order valence-electron chi connectivity index (χ1n) is 7.13. The topological polar surface area (TPSA) is 97.0 Å². The smallest absolute Gasteiger partial charge is 0.181 e. The maximum absolute atomic E-state index is 9.60. The fourth-order valence-corrected chi connectivity index (χ4v) is 2.15. The highest BCUT2D eigenvalue weighted by atomic mass is 16.3. The van der Waals surface area contributed by atoms with E-state index in [9.17, 15) is 5.11 Å². The van der Waals surface area contributed by atoms with E-state index in [2.05, 4.69) is 15.2 Å². The first kappa shape index (κ1) is 14.9. The second-order valence-electron chi connectivity index (χ2n) is 4.98. The number of nitrogens with two attached hydrogens (primary N) is 1. The number of aromatic nitrogens is 1. The van der Waals surface area contributed by atoms with Gasteiger partial charge in [0.15, 0.2) is 12.2 Å². The quantitative estimate of drug-likeness (QED) is 0.701. The average molecular weight is 308 g/mol. The van der Waals surface area contributed by atoms with Gasteiger partial charge in [-0.3, -0.25) is 0 Å². The van der Waals surface area contributed by atoms with Gasteiger partial charge < -0.3 is 15.3 Å². The molecule has 0 spiro atoms. The van der Waals surface area contributed by atoms with Crippen LogP contribution in [0, 0.1) is 0 Å². The molecule has 3 rings (SSSR count). The Morgan fingerprint density at radius 3 is 2.65 bits per heavy atom. The predicted octanol–water partition coefficient (Wildman–Crippen LogP) is 3.79. The minimum Gasteiger partial charge on any atom is -0.508 e. The number of oxazole rings is 1. The summed E-state index contributed by atoms with van der Waals surface area (Å²) in [6, 6.07) is 12.8. The zero-order valence-electron chi connectivity index (χ0n) is 12.4. The first-order chi connectivity index (χ1) is 11.3. The van der Waals surface area contributed by atoms with Gasteiger partial charge in [0.05, 0.1) is 18.4 Å². The lowest BCUT2D eigenvalue weighted by atomic mass is 10.1. The summed E-state index contributed by atoms with van der Waals surface area (Å²) in [6.45, 7) is 0.719. The van der Waals surface area contributed by atoms with Gasteiger partial charge in [-0.1, -0.05) is 6.07 Å². The molecule has 0 aliphatic carbocycles. The molecular weight excluding hydrogens is 292 g/mol. The molecule has 2 aromatic carbocycles. The van der Waals surface area contributed by atoms with E-state index in [1.807, 2.05) is 30.3 Å². The molecule has 0 aliphatic rings. The summed E-state index contributed by atoms with van der Waals surface area (Å²) in [7, 11) is 0. The second kappa shape index (κ2) is 6.85. The van der Waals surface area contributed by atoms with E-state index in [1.54, 1.807) is 18.3 Å². The number of aromatic hydroxyl groups is 1. The van der Waals surface area contributed by atoms with Crippen molar-refractivity contribution in [3.8, 4) is 17.1 Å². The number of rotatable bonds is 5. The van der Waals surface area contributed by atoms with E-state index in [-0.39, 0.29) is 5.75 Å². The average Bonchev–Trinajstić information content (AvgIpc) is 3.11. The van der Waals surface area contributed by atoms with Gasteiger partial charge in [0.2, 0.25) is 0 Å². The molecule has 0 radical (unpaired) electrons. The summed E-state index contributed by atoms with van der Waals surface area (Å²) in [6.07, 6.45) is 3.06. The molecule has 0 saturated carbocycles. The number of benzene rings is 2. The van der Waals surface area contributed by atoms with Crippen LogP contribution in [-0.4, -0.2) is 10.1 Å². The van der Waals surface area contributed by atoms with Gasteiger partial charge in [0, 0.05) is 17.7 Å². The van der Waals surface area contributed by atoms with Crippen LogP contribution in [0.1, 0.15) is 11.1 Å². The Labute approximate surface area is 133 Å². The van der Waals surface area contributed by atoms with Crippen molar-refractivity contribution >= 4 is 5.69 Å². The fraction of sp³-hybridized carbons (Fsp3) is 0.118. The normalized spacial score (nSPS) is 11.2. The summed E-state index contributed by atoms with van der Waals surface area (Å²) in [5.41, 5.74) is 8.91. The molecule has 6 heteroatoms. The molecule has 3 aromatic rings. The Hall–Kier alpha value is -2.99. The third-order valence-corrected chi connectivity index (χ3v) is 3.39. The molecule has 0 saturated heterocycles. The molecule has 3 N–H and O–H groups in total. The van der Waals surface area contributed by atoms with Crippen LogP contribution >= 0.6 is 0 Å². The van der Waals surface area contributed by atoms with E-state index >= 15 is 0 Å². The SMILES string of the molecule is NCc1cc(CN=Nc2ccc(-c3cnco3)cc2)ccc1O.